The predicted octanol–water partition coefficient (Wildman–Crippen LogP) is 2.41. The molecule has 4 rings (SSSR count). The standard InChI is InChI=1S/C17H12N4O8/c22-16-18(12-8-10(20(24)25)2-4-14(12)28-16)6-1-7-19-13-9-11(21(26)27)3-5-15(13)29-17(19)23/h2-5,8-9H,1,6-7H2. The lowest BCUT2D eigenvalue weighted by Gasteiger charge is -2.04. The molecule has 0 radical (unpaired) electrons. The van der Waals surface area contributed by atoms with Gasteiger partial charge in [0, 0.05) is 37.4 Å². The summed E-state index contributed by atoms with van der Waals surface area (Å²) in [5.74, 6) is -1.36. The Balaban J connectivity index is 1.63. The number of nitro groups is 2. The smallest absolute Gasteiger partial charge is 0.408 e. The quantitative estimate of drug-likeness (QED) is 0.353. The van der Waals surface area contributed by atoms with Gasteiger partial charge in [0.25, 0.3) is 11.4 Å². The van der Waals surface area contributed by atoms with E-state index in [2.05, 4.69) is 0 Å². The largest absolute Gasteiger partial charge is 0.419 e. The highest BCUT2D eigenvalue weighted by molar-refractivity contribution is 5.76. The van der Waals surface area contributed by atoms with Gasteiger partial charge < -0.3 is 8.83 Å². The lowest BCUT2D eigenvalue weighted by molar-refractivity contribution is -0.384. The number of benzene rings is 2. The zero-order valence-electron chi connectivity index (χ0n) is 14.6. The molecule has 0 aliphatic heterocycles. The third-order valence-corrected chi connectivity index (χ3v) is 4.49. The van der Waals surface area contributed by atoms with Gasteiger partial charge in [-0.1, -0.05) is 0 Å². The number of nitro benzene ring substituents is 2. The molecule has 0 saturated carbocycles. The van der Waals surface area contributed by atoms with E-state index in [1.165, 1.54) is 45.5 Å². The maximum absolute atomic E-state index is 12.1. The fourth-order valence-corrected chi connectivity index (χ4v) is 3.14. The van der Waals surface area contributed by atoms with Crippen LogP contribution in [-0.2, 0) is 13.1 Å². The van der Waals surface area contributed by atoms with Crippen LogP contribution < -0.4 is 11.5 Å². The molecule has 2 heterocycles. The Bertz CT molecular complexity index is 1280. The van der Waals surface area contributed by atoms with Gasteiger partial charge in [-0.15, -0.1) is 0 Å². The molecule has 148 valence electrons. The monoisotopic (exact) mass is 400 g/mol. The van der Waals surface area contributed by atoms with Gasteiger partial charge in [0.1, 0.15) is 0 Å². The summed E-state index contributed by atoms with van der Waals surface area (Å²) in [6.07, 6.45) is 0.272. The van der Waals surface area contributed by atoms with Crippen molar-refractivity contribution in [3.05, 3.63) is 77.7 Å². The van der Waals surface area contributed by atoms with Crippen LogP contribution in [0.1, 0.15) is 6.42 Å². The van der Waals surface area contributed by atoms with Gasteiger partial charge in [-0.2, -0.15) is 0 Å². The Morgan fingerprint density at radius 1 is 0.759 bits per heavy atom. The molecule has 12 nitrogen and oxygen atoms in total. The molecule has 2 aromatic carbocycles. The summed E-state index contributed by atoms with van der Waals surface area (Å²) in [5.41, 5.74) is 0.589. The van der Waals surface area contributed by atoms with Gasteiger partial charge in [-0.25, -0.2) is 9.59 Å². The molecule has 4 aromatic rings. The van der Waals surface area contributed by atoms with Gasteiger partial charge in [0.2, 0.25) is 0 Å². The van der Waals surface area contributed by atoms with E-state index in [0.29, 0.717) is 0 Å². The van der Waals surface area contributed by atoms with Crippen molar-refractivity contribution in [2.75, 3.05) is 0 Å². The minimum Gasteiger partial charge on any atom is -0.408 e. The molecule has 29 heavy (non-hydrogen) atoms. The molecule has 0 N–H and O–H groups in total. The van der Waals surface area contributed by atoms with Crippen molar-refractivity contribution in [3.8, 4) is 0 Å². The normalized spacial score (nSPS) is 11.3. The molecule has 0 aliphatic rings. The SMILES string of the molecule is O=c1oc2ccc([N+](=O)[O-])cc2n1CCCn1c(=O)oc2ccc([N+](=O)[O-])cc21. The number of nitrogens with zero attached hydrogens (tertiary/aromatic N) is 4. The topological polar surface area (TPSA) is 157 Å². The summed E-state index contributed by atoms with van der Waals surface area (Å²) in [7, 11) is 0. The first kappa shape index (κ1) is 18.2. The maximum Gasteiger partial charge on any atom is 0.419 e. The fourth-order valence-electron chi connectivity index (χ4n) is 3.14. The first-order valence-electron chi connectivity index (χ1n) is 8.41. The minimum atomic E-state index is -0.680. The van der Waals surface area contributed by atoms with Crippen molar-refractivity contribution in [1.82, 2.24) is 9.13 Å². The Labute approximate surface area is 159 Å². The van der Waals surface area contributed by atoms with Crippen LogP contribution >= 0.6 is 0 Å². The first-order chi connectivity index (χ1) is 13.8. The minimum absolute atomic E-state index is 0.112. The number of aromatic nitrogens is 2. The summed E-state index contributed by atoms with van der Waals surface area (Å²) in [6.45, 7) is 0.224. The average molecular weight is 400 g/mol. The second-order valence-corrected chi connectivity index (χ2v) is 6.21. The van der Waals surface area contributed by atoms with Gasteiger partial charge in [0.05, 0.1) is 20.9 Å². The van der Waals surface area contributed by atoms with Crippen LogP contribution in [0.5, 0.6) is 0 Å². The van der Waals surface area contributed by atoms with E-state index in [4.69, 9.17) is 8.83 Å². The lowest BCUT2D eigenvalue weighted by atomic mass is 10.2. The molecule has 0 fully saturated rings. The number of aryl methyl sites for hydroxylation is 2. The molecular formula is C17H12N4O8. The fraction of sp³-hybridized carbons (Fsp3) is 0.176. The van der Waals surface area contributed by atoms with E-state index >= 15 is 0 Å². The van der Waals surface area contributed by atoms with Crippen molar-refractivity contribution < 1.29 is 18.7 Å². The molecular weight excluding hydrogens is 388 g/mol. The lowest BCUT2D eigenvalue weighted by Crippen LogP contribution is -2.19. The van der Waals surface area contributed by atoms with Gasteiger partial charge >= 0.3 is 11.5 Å². The Morgan fingerprint density at radius 2 is 1.17 bits per heavy atom. The Morgan fingerprint density at radius 3 is 1.55 bits per heavy atom. The maximum atomic E-state index is 12.1. The molecule has 0 unspecified atom stereocenters. The number of fused-ring (bicyclic) bond motifs is 2. The van der Waals surface area contributed by atoms with Crippen LogP contribution in [0.3, 0.4) is 0 Å². The summed E-state index contributed by atoms with van der Waals surface area (Å²) >= 11 is 0. The van der Waals surface area contributed by atoms with E-state index in [-0.39, 0.29) is 53.1 Å². The molecule has 0 saturated heterocycles. The Kier molecular flexibility index (Phi) is 4.22. The zero-order chi connectivity index (χ0) is 20.7. The van der Waals surface area contributed by atoms with E-state index in [9.17, 15) is 29.8 Å². The van der Waals surface area contributed by atoms with Crippen LogP contribution in [0.15, 0.2) is 54.8 Å². The number of non-ortho nitro benzene ring substituents is 2. The van der Waals surface area contributed by atoms with Crippen LogP contribution in [0.25, 0.3) is 22.2 Å². The molecule has 0 atom stereocenters. The molecule has 0 aliphatic carbocycles. The third-order valence-electron chi connectivity index (χ3n) is 4.49. The summed E-state index contributed by atoms with van der Waals surface area (Å²) in [4.78, 5) is 44.9. The van der Waals surface area contributed by atoms with Crippen molar-refractivity contribution in [2.45, 2.75) is 19.5 Å². The van der Waals surface area contributed by atoms with Crippen LogP contribution in [-0.4, -0.2) is 19.0 Å². The van der Waals surface area contributed by atoms with Gasteiger partial charge in [-0.05, 0) is 18.6 Å². The predicted molar refractivity (Wildman–Crippen MR) is 98.9 cm³/mol. The van der Waals surface area contributed by atoms with Gasteiger partial charge in [-0.3, -0.25) is 29.4 Å². The van der Waals surface area contributed by atoms with E-state index in [1.54, 1.807) is 0 Å². The van der Waals surface area contributed by atoms with Crippen molar-refractivity contribution in [2.24, 2.45) is 0 Å². The second kappa shape index (κ2) is 6.74. The highest BCUT2D eigenvalue weighted by Crippen LogP contribution is 2.22. The highest BCUT2D eigenvalue weighted by Gasteiger charge is 2.16. The summed E-state index contributed by atoms with van der Waals surface area (Å²) in [5, 5.41) is 21.9. The number of rotatable bonds is 6. The van der Waals surface area contributed by atoms with Crippen molar-refractivity contribution in [3.63, 3.8) is 0 Å². The number of hydrogen-bond donors (Lipinski definition) is 0. The van der Waals surface area contributed by atoms with Crippen molar-refractivity contribution in [1.29, 1.82) is 0 Å². The second-order valence-electron chi connectivity index (χ2n) is 6.21. The number of oxazole rings is 2. The molecule has 2 aromatic heterocycles. The Hall–Kier alpha value is -4.22. The first-order valence-corrected chi connectivity index (χ1v) is 8.41. The van der Waals surface area contributed by atoms with Crippen LogP contribution in [0.4, 0.5) is 11.4 Å². The highest BCUT2D eigenvalue weighted by atomic mass is 16.6. The molecule has 0 bridgehead atoms. The van der Waals surface area contributed by atoms with Crippen molar-refractivity contribution >= 4 is 33.6 Å². The molecule has 0 amide bonds. The summed E-state index contributed by atoms with van der Waals surface area (Å²) < 4.78 is 12.6. The van der Waals surface area contributed by atoms with E-state index < -0.39 is 21.4 Å². The zero-order valence-corrected chi connectivity index (χ0v) is 14.6. The van der Waals surface area contributed by atoms with Gasteiger partial charge in [0.15, 0.2) is 11.2 Å². The number of hydrogen-bond acceptors (Lipinski definition) is 8. The summed E-state index contributed by atoms with van der Waals surface area (Å²) in [6, 6.07) is 7.64. The van der Waals surface area contributed by atoms with Crippen LogP contribution in [0.2, 0.25) is 0 Å². The molecule has 12 heteroatoms. The molecule has 0 spiro atoms. The third kappa shape index (κ3) is 3.16. The van der Waals surface area contributed by atoms with Crippen LogP contribution in [0, 0.1) is 20.2 Å². The average Bonchev–Trinajstić information content (AvgIpc) is 3.16. The van der Waals surface area contributed by atoms with E-state index in [1.807, 2.05) is 0 Å². The van der Waals surface area contributed by atoms with E-state index in [0.717, 1.165) is 0 Å².